The molecule has 0 bridgehead atoms. The van der Waals surface area contributed by atoms with Gasteiger partial charge in [0, 0.05) is 27.9 Å². The quantitative estimate of drug-likeness (QED) is 0.495. The third-order valence-corrected chi connectivity index (χ3v) is 5.69. The third-order valence-electron chi connectivity index (χ3n) is 5.03. The van der Waals surface area contributed by atoms with E-state index in [1.165, 1.54) is 0 Å². The first-order valence-electron chi connectivity index (χ1n) is 8.81. The monoisotopic (exact) mass is 411 g/mol. The second-order valence-electron chi connectivity index (χ2n) is 6.78. The highest BCUT2D eigenvalue weighted by Gasteiger charge is 2.35. The van der Waals surface area contributed by atoms with Gasteiger partial charge in [0.1, 0.15) is 5.82 Å². The number of carbonyl (C=O) groups is 1. The fourth-order valence-electron chi connectivity index (χ4n) is 3.83. The van der Waals surface area contributed by atoms with Gasteiger partial charge in [-0.25, -0.2) is 4.98 Å². The Morgan fingerprint density at radius 1 is 1.07 bits per heavy atom. The van der Waals surface area contributed by atoms with Crippen molar-refractivity contribution in [2.24, 2.45) is 0 Å². The molecule has 1 unspecified atom stereocenters. The van der Waals surface area contributed by atoms with Gasteiger partial charge in [0.25, 0.3) is 0 Å². The number of nitrogens with one attached hydrogen (secondary N) is 2. The molecule has 5 rings (SSSR count). The molecule has 4 aromatic rings. The highest BCUT2D eigenvalue weighted by atomic mass is 35.5. The number of para-hydroxylation sites is 2. The lowest BCUT2D eigenvalue weighted by atomic mass is 9.85. The van der Waals surface area contributed by atoms with Crippen LogP contribution in [0.25, 0.3) is 17.0 Å². The summed E-state index contributed by atoms with van der Waals surface area (Å²) in [5, 5.41) is 8.67. The summed E-state index contributed by atoms with van der Waals surface area (Å²) in [6.07, 6.45) is 0.253. The van der Waals surface area contributed by atoms with Crippen LogP contribution in [-0.2, 0) is 4.79 Å². The van der Waals surface area contributed by atoms with Crippen LogP contribution in [0.3, 0.4) is 0 Å². The Balaban J connectivity index is 1.72. The fourth-order valence-corrected chi connectivity index (χ4v) is 4.49. The minimum absolute atomic E-state index is 0.120. The van der Waals surface area contributed by atoms with Crippen LogP contribution >= 0.6 is 23.2 Å². The molecule has 1 aliphatic rings. The SMILES string of the molecule is Cc1nn(-c2nc3ccccc3[nH]2)c2c1C(c1c(Cl)cccc1Cl)CC(=O)N2. The highest BCUT2D eigenvalue weighted by Crippen LogP contribution is 2.44. The highest BCUT2D eigenvalue weighted by molar-refractivity contribution is 6.36. The molecular weight excluding hydrogens is 397 g/mol. The molecule has 8 heteroatoms. The van der Waals surface area contributed by atoms with E-state index in [0.717, 1.165) is 27.9 Å². The lowest BCUT2D eigenvalue weighted by Gasteiger charge is -2.25. The molecule has 1 atom stereocenters. The number of hydrogen-bond acceptors (Lipinski definition) is 3. The average Bonchev–Trinajstić information content (AvgIpc) is 3.22. The molecule has 0 spiro atoms. The predicted octanol–water partition coefficient (Wildman–Crippen LogP) is 4.84. The van der Waals surface area contributed by atoms with Crippen LogP contribution in [0, 0.1) is 6.92 Å². The van der Waals surface area contributed by atoms with Crippen molar-refractivity contribution in [2.45, 2.75) is 19.3 Å². The van der Waals surface area contributed by atoms with Crippen LogP contribution in [0.15, 0.2) is 42.5 Å². The molecule has 0 aliphatic carbocycles. The number of aromatic nitrogens is 4. The van der Waals surface area contributed by atoms with Crippen LogP contribution < -0.4 is 5.32 Å². The normalized spacial score (nSPS) is 16.2. The van der Waals surface area contributed by atoms with Gasteiger partial charge in [-0.2, -0.15) is 9.78 Å². The first-order chi connectivity index (χ1) is 13.5. The molecule has 0 fully saturated rings. The largest absolute Gasteiger partial charge is 0.322 e. The Labute approximate surface area is 170 Å². The van der Waals surface area contributed by atoms with Crippen molar-refractivity contribution in [1.82, 2.24) is 19.7 Å². The lowest BCUT2D eigenvalue weighted by Crippen LogP contribution is -2.25. The maximum absolute atomic E-state index is 12.5. The fraction of sp³-hybridized carbons (Fsp3) is 0.150. The van der Waals surface area contributed by atoms with E-state index in [1.54, 1.807) is 22.9 Å². The topological polar surface area (TPSA) is 75.6 Å². The average molecular weight is 412 g/mol. The molecule has 0 radical (unpaired) electrons. The van der Waals surface area contributed by atoms with Gasteiger partial charge < -0.3 is 10.3 Å². The molecule has 1 amide bonds. The number of aryl methyl sites for hydroxylation is 1. The molecule has 0 saturated carbocycles. The Morgan fingerprint density at radius 2 is 1.82 bits per heavy atom. The Kier molecular flexibility index (Phi) is 3.92. The molecule has 0 saturated heterocycles. The van der Waals surface area contributed by atoms with Crippen molar-refractivity contribution >= 4 is 46.0 Å². The number of fused-ring (bicyclic) bond motifs is 2. The summed E-state index contributed by atoms with van der Waals surface area (Å²) in [6, 6.07) is 13.1. The van der Waals surface area contributed by atoms with Gasteiger partial charge in [-0.05, 0) is 36.8 Å². The van der Waals surface area contributed by atoms with Crippen molar-refractivity contribution in [3.8, 4) is 5.95 Å². The number of benzene rings is 2. The van der Waals surface area contributed by atoms with Crippen LogP contribution in [-0.4, -0.2) is 25.7 Å². The van der Waals surface area contributed by atoms with E-state index >= 15 is 0 Å². The minimum Gasteiger partial charge on any atom is -0.322 e. The van der Waals surface area contributed by atoms with E-state index in [1.807, 2.05) is 31.2 Å². The predicted molar refractivity (Wildman–Crippen MR) is 110 cm³/mol. The molecule has 2 aromatic carbocycles. The number of amides is 1. The number of nitrogens with zero attached hydrogens (tertiary/aromatic N) is 3. The zero-order chi connectivity index (χ0) is 19.4. The zero-order valence-corrected chi connectivity index (χ0v) is 16.3. The summed E-state index contributed by atoms with van der Waals surface area (Å²) in [6.45, 7) is 1.91. The van der Waals surface area contributed by atoms with Gasteiger partial charge in [-0.1, -0.05) is 41.4 Å². The third kappa shape index (κ3) is 2.60. The maximum Gasteiger partial charge on any atom is 0.231 e. The Bertz CT molecular complexity index is 1190. The van der Waals surface area contributed by atoms with E-state index in [4.69, 9.17) is 23.2 Å². The van der Waals surface area contributed by atoms with E-state index in [9.17, 15) is 4.79 Å². The van der Waals surface area contributed by atoms with Gasteiger partial charge in [-0.15, -0.1) is 0 Å². The lowest BCUT2D eigenvalue weighted by molar-refractivity contribution is -0.116. The van der Waals surface area contributed by atoms with Crippen LogP contribution in [0.4, 0.5) is 5.82 Å². The summed E-state index contributed by atoms with van der Waals surface area (Å²) in [5.41, 5.74) is 4.15. The van der Waals surface area contributed by atoms with Gasteiger partial charge in [0.05, 0.1) is 16.7 Å². The molecule has 140 valence electrons. The summed E-state index contributed by atoms with van der Waals surface area (Å²) in [4.78, 5) is 20.4. The number of aromatic amines is 1. The van der Waals surface area contributed by atoms with Crippen LogP contribution in [0.2, 0.25) is 10.0 Å². The summed E-state index contributed by atoms with van der Waals surface area (Å²) in [5.74, 6) is 0.736. The molecule has 3 heterocycles. The van der Waals surface area contributed by atoms with Crippen molar-refractivity contribution in [2.75, 3.05) is 5.32 Å². The van der Waals surface area contributed by atoms with E-state index in [0.29, 0.717) is 21.8 Å². The van der Waals surface area contributed by atoms with E-state index in [-0.39, 0.29) is 18.2 Å². The van der Waals surface area contributed by atoms with Crippen molar-refractivity contribution < 1.29 is 4.79 Å². The summed E-state index contributed by atoms with van der Waals surface area (Å²) in [7, 11) is 0. The van der Waals surface area contributed by atoms with Gasteiger partial charge in [0.15, 0.2) is 0 Å². The van der Waals surface area contributed by atoms with Crippen LogP contribution in [0.5, 0.6) is 0 Å². The van der Waals surface area contributed by atoms with E-state index < -0.39 is 0 Å². The first-order valence-corrected chi connectivity index (χ1v) is 9.57. The maximum atomic E-state index is 12.5. The number of anilines is 1. The second kappa shape index (κ2) is 6.36. The van der Waals surface area contributed by atoms with Gasteiger partial charge in [0.2, 0.25) is 11.9 Å². The number of carbonyl (C=O) groups excluding carboxylic acids is 1. The molecule has 28 heavy (non-hydrogen) atoms. The second-order valence-corrected chi connectivity index (χ2v) is 7.59. The standard InChI is InChI=1S/C20H15Cl2N5O/c1-10-17-11(18-12(21)5-4-6-13(18)22)9-16(28)25-19(17)27(26-10)20-23-14-7-2-3-8-15(14)24-20/h2-8,11H,9H2,1H3,(H,23,24)(H,25,28). The summed E-state index contributed by atoms with van der Waals surface area (Å²) < 4.78 is 1.64. The molecule has 1 aliphatic heterocycles. The Hall–Kier alpha value is -2.83. The number of halogens is 2. The van der Waals surface area contributed by atoms with Crippen LogP contribution in [0.1, 0.15) is 29.2 Å². The van der Waals surface area contributed by atoms with Crippen molar-refractivity contribution in [3.63, 3.8) is 0 Å². The smallest absolute Gasteiger partial charge is 0.231 e. The zero-order valence-electron chi connectivity index (χ0n) is 14.8. The van der Waals surface area contributed by atoms with Crippen molar-refractivity contribution in [1.29, 1.82) is 0 Å². The molecule has 2 N–H and O–H groups in total. The first kappa shape index (κ1) is 17.3. The minimum atomic E-state index is -0.275. The number of hydrogen-bond donors (Lipinski definition) is 2. The van der Waals surface area contributed by atoms with Gasteiger partial charge >= 0.3 is 0 Å². The Morgan fingerprint density at radius 3 is 2.57 bits per heavy atom. The molecule has 6 nitrogen and oxygen atoms in total. The molecular formula is C20H15Cl2N5O. The van der Waals surface area contributed by atoms with Gasteiger partial charge in [-0.3, -0.25) is 4.79 Å². The number of rotatable bonds is 2. The van der Waals surface area contributed by atoms with Crippen molar-refractivity contribution in [3.05, 3.63) is 69.3 Å². The number of imidazole rings is 1. The molecule has 2 aromatic heterocycles. The number of H-pyrrole nitrogens is 1. The van der Waals surface area contributed by atoms with E-state index in [2.05, 4.69) is 20.4 Å². The summed E-state index contributed by atoms with van der Waals surface area (Å²) >= 11 is 12.9.